The highest BCUT2D eigenvalue weighted by Gasteiger charge is 2.31. The van der Waals surface area contributed by atoms with Gasteiger partial charge in [-0.25, -0.2) is 0 Å². The topological polar surface area (TPSA) is 9.23 Å². The van der Waals surface area contributed by atoms with Crippen molar-refractivity contribution in [1.82, 2.24) is 0 Å². The summed E-state index contributed by atoms with van der Waals surface area (Å²) in [5.74, 6) is 1.01. The normalized spacial score (nSPS) is 27.0. The van der Waals surface area contributed by atoms with Gasteiger partial charge in [-0.3, -0.25) is 0 Å². The molecule has 0 heterocycles. The van der Waals surface area contributed by atoms with Crippen LogP contribution in [0.25, 0.3) is 0 Å². The van der Waals surface area contributed by atoms with Crippen molar-refractivity contribution < 1.29 is 4.74 Å². The Morgan fingerprint density at radius 3 is 2.13 bits per heavy atom. The largest absolute Gasteiger partial charge is 0.378 e. The molecule has 2 fully saturated rings. The second-order valence-electron chi connectivity index (χ2n) is 5.44. The summed E-state index contributed by atoms with van der Waals surface area (Å²) in [4.78, 5) is 0. The highest BCUT2D eigenvalue weighted by molar-refractivity contribution is 7.80. The van der Waals surface area contributed by atoms with Gasteiger partial charge in [-0.2, -0.15) is 12.6 Å². The van der Waals surface area contributed by atoms with Crippen LogP contribution in [0.3, 0.4) is 0 Å². The monoisotopic (exact) mass is 228 g/mol. The van der Waals surface area contributed by atoms with Crippen LogP contribution in [0.15, 0.2) is 0 Å². The van der Waals surface area contributed by atoms with E-state index in [1.165, 1.54) is 57.8 Å². The fourth-order valence-electron chi connectivity index (χ4n) is 2.66. The van der Waals surface area contributed by atoms with Gasteiger partial charge in [0.2, 0.25) is 0 Å². The average Bonchev–Trinajstić information content (AvgIpc) is 2.42. The van der Waals surface area contributed by atoms with Gasteiger partial charge in [0.1, 0.15) is 0 Å². The summed E-state index contributed by atoms with van der Waals surface area (Å²) in [6.45, 7) is 0.973. The Kier molecular flexibility index (Phi) is 4.39. The quantitative estimate of drug-likeness (QED) is 0.568. The molecular weight excluding hydrogens is 204 g/mol. The van der Waals surface area contributed by atoms with Gasteiger partial charge in [0.25, 0.3) is 0 Å². The number of thiol groups is 1. The summed E-state index contributed by atoms with van der Waals surface area (Å²) in [5.41, 5.74) is 0.412. The first kappa shape index (κ1) is 11.8. The van der Waals surface area contributed by atoms with Crippen LogP contribution in [0.2, 0.25) is 0 Å². The highest BCUT2D eigenvalue weighted by Crippen LogP contribution is 2.37. The fraction of sp³-hybridized carbons (Fsp3) is 1.00. The molecule has 0 aromatic heterocycles. The SMILES string of the molecule is SCC1(COC2CCC2)CCCCCC1. The van der Waals surface area contributed by atoms with Crippen LogP contribution in [-0.2, 0) is 4.74 Å². The maximum Gasteiger partial charge on any atom is 0.0575 e. The summed E-state index contributed by atoms with van der Waals surface area (Å²) in [5, 5.41) is 0. The van der Waals surface area contributed by atoms with E-state index in [2.05, 4.69) is 12.6 Å². The molecular formula is C13H24OS. The standard InChI is InChI=1S/C13H24OS/c15-11-13(8-3-1-2-4-9-13)10-14-12-6-5-7-12/h12,15H,1-11H2. The van der Waals surface area contributed by atoms with Gasteiger partial charge >= 0.3 is 0 Å². The van der Waals surface area contributed by atoms with Crippen LogP contribution in [-0.4, -0.2) is 18.5 Å². The number of hydrogen-bond donors (Lipinski definition) is 1. The second-order valence-corrected chi connectivity index (χ2v) is 5.75. The molecule has 1 nitrogen and oxygen atoms in total. The van der Waals surface area contributed by atoms with E-state index in [0.29, 0.717) is 11.5 Å². The first-order chi connectivity index (χ1) is 7.35. The van der Waals surface area contributed by atoms with Gasteiger partial charge in [0.05, 0.1) is 12.7 Å². The van der Waals surface area contributed by atoms with Gasteiger partial charge in [-0.1, -0.05) is 25.7 Å². The lowest BCUT2D eigenvalue weighted by atomic mass is 9.83. The Hall–Kier alpha value is 0.310. The summed E-state index contributed by atoms with van der Waals surface area (Å²) >= 11 is 4.57. The zero-order valence-corrected chi connectivity index (χ0v) is 10.6. The maximum absolute atomic E-state index is 6.02. The molecule has 0 bridgehead atoms. The van der Waals surface area contributed by atoms with Crippen molar-refractivity contribution in [2.45, 2.75) is 63.9 Å². The zero-order valence-electron chi connectivity index (χ0n) is 9.71. The lowest BCUT2D eigenvalue weighted by Crippen LogP contribution is -2.33. The van der Waals surface area contributed by atoms with Crippen molar-refractivity contribution in [3.8, 4) is 0 Å². The van der Waals surface area contributed by atoms with Crippen molar-refractivity contribution in [3.63, 3.8) is 0 Å². The first-order valence-corrected chi connectivity index (χ1v) is 7.20. The second kappa shape index (κ2) is 5.58. The minimum Gasteiger partial charge on any atom is -0.378 e. The number of rotatable bonds is 4. The molecule has 0 aromatic carbocycles. The van der Waals surface area contributed by atoms with Gasteiger partial charge in [-0.05, 0) is 37.9 Å². The van der Waals surface area contributed by atoms with Gasteiger partial charge < -0.3 is 4.74 Å². The van der Waals surface area contributed by atoms with Crippen molar-refractivity contribution in [3.05, 3.63) is 0 Å². The molecule has 2 aliphatic carbocycles. The third-order valence-electron chi connectivity index (χ3n) is 4.18. The van der Waals surface area contributed by atoms with E-state index >= 15 is 0 Å². The fourth-order valence-corrected chi connectivity index (χ4v) is 3.07. The molecule has 2 heteroatoms. The Balaban J connectivity index is 1.81. The van der Waals surface area contributed by atoms with Crippen LogP contribution in [0.4, 0.5) is 0 Å². The number of ether oxygens (including phenoxy) is 1. The van der Waals surface area contributed by atoms with E-state index in [1.54, 1.807) is 0 Å². The van der Waals surface area contributed by atoms with E-state index in [1.807, 2.05) is 0 Å². The van der Waals surface area contributed by atoms with E-state index in [0.717, 1.165) is 12.4 Å². The molecule has 0 aliphatic heterocycles. The molecule has 0 aromatic rings. The molecule has 88 valence electrons. The van der Waals surface area contributed by atoms with E-state index < -0.39 is 0 Å². The Bertz CT molecular complexity index is 181. The van der Waals surface area contributed by atoms with Gasteiger partial charge in [0.15, 0.2) is 0 Å². The third kappa shape index (κ3) is 3.13. The molecule has 2 rings (SSSR count). The average molecular weight is 228 g/mol. The van der Waals surface area contributed by atoms with Crippen LogP contribution in [0, 0.1) is 5.41 Å². The number of hydrogen-bond acceptors (Lipinski definition) is 2. The van der Waals surface area contributed by atoms with Crippen LogP contribution in [0.1, 0.15) is 57.8 Å². The van der Waals surface area contributed by atoms with Crippen LogP contribution in [0.5, 0.6) is 0 Å². The summed E-state index contributed by atoms with van der Waals surface area (Å²) in [6, 6.07) is 0. The van der Waals surface area contributed by atoms with E-state index in [4.69, 9.17) is 4.74 Å². The molecule has 15 heavy (non-hydrogen) atoms. The molecule has 0 saturated heterocycles. The van der Waals surface area contributed by atoms with Crippen LogP contribution >= 0.6 is 12.6 Å². The Labute approximate surface area is 99.4 Å². The zero-order chi connectivity index (χ0) is 10.6. The molecule has 0 amide bonds. The van der Waals surface area contributed by atoms with Crippen molar-refractivity contribution in [1.29, 1.82) is 0 Å². The van der Waals surface area contributed by atoms with Crippen molar-refractivity contribution in [2.24, 2.45) is 5.41 Å². The Morgan fingerprint density at radius 1 is 1.00 bits per heavy atom. The summed E-state index contributed by atoms with van der Waals surface area (Å²) in [7, 11) is 0. The molecule has 0 spiro atoms. The Morgan fingerprint density at radius 2 is 1.67 bits per heavy atom. The van der Waals surface area contributed by atoms with E-state index in [9.17, 15) is 0 Å². The molecule has 0 radical (unpaired) electrons. The summed E-state index contributed by atoms with van der Waals surface area (Å²) < 4.78 is 6.02. The lowest BCUT2D eigenvalue weighted by Gasteiger charge is -2.35. The predicted molar refractivity (Wildman–Crippen MR) is 67.6 cm³/mol. The maximum atomic E-state index is 6.02. The molecule has 0 N–H and O–H groups in total. The van der Waals surface area contributed by atoms with Gasteiger partial charge in [-0.15, -0.1) is 0 Å². The molecule has 2 saturated carbocycles. The molecule has 2 aliphatic rings. The summed E-state index contributed by atoms with van der Waals surface area (Å²) in [6.07, 6.45) is 12.8. The van der Waals surface area contributed by atoms with E-state index in [-0.39, 0.29) is 0 Å². The van der Waals surface area contributed by atoms with Crippen molar-refractivity contribution >= 4 is 12.6 Å². The molecule has 0 atom stereocenters. The third-order valence-corrected chi connectivity index (χ3v) is 4.85. The smallest absolute Gasteiger partial charge is 0.0575 e. The molecule has 0 unspecified atom stereocenters. The van der Waals surface area contributed by atoms with Crippen LogP contribution < -0.4 is 0 Å². The predicted octanol–water partition coefficient (Wildman–Crippen LogP) is 3.83. The minimum absolute atomic E-state index is 0.412. The highest BCUT2D eigenvalue weighted by atomic mass is 32.1. The first-order valence-electron chi connectivity index (χ1n) is 6.57. The van der Waals surface area contributed by atoms with Gasteiger partial charge in [0, 0.05) is 5.41 Å². The lowest BCUT2D eigenvalue weighted by molar-refractivity contribution is -0.0426. The minimum atomic E-state index is 0.412. The van der Waals surface area contributed by atoms with Crippen molar-refractivity contribution in [2.75, 3.05) is 12.4 Å².